The summed E-state index contributed by atoms with van der Waals surface area (Å²) in [6.45, 7) is 3.74. The lowest BCUT2D eigenvalue weighted by atomic mass is 10.0. The van der Waals surface area contributed by atoms with Crippen molar-refractivity contribution in [1.82, 2.24) is 0 Å². The minimum absolute atomic E-state index is 0.104. The van der Waals surface area contributed by atoms with Crippen molar-refractivity contribution in [3.05, 3.63) is 29.3 Å². The Morgan fingerprint density at radius 3 is 2.79 bits per heavy atom. The van der Waals surface area contributed by atoms with E-state index in [0.717, 1.165) is 28.6 Å². The van der Waals surface area contributed by atoms with Gasteiger partial charge in [0.1, 0.15) is 0 Å². The molecule has 1 amide bonds. The van der Waals surface area contributed by atoms with E-state index in [4.69, 9.17) is 9.47 Å². The van der Waals surface area contributed by atoms with Crippen molar-refractivity contribution in [3.63, 3.8) is 0 Å². The van der Waals surface area contributed by atoms with Crippen molar-refractivity contribution in [2.75, 3.05) is 30.0 Å². The Kier molecular flexibility index (Phi) is 3.37. The molecule has 0 N–H and O–H groups in total. The van der Waals surface area contributed by atoms with Crippen LogP contribution in [-0.2, 0) is 20.1 Å². The number of hydrogen-bond acceptors (Lipinski definition) is 3. The van der Waals surface area contributed by atoms with Crippen LogP contribution >= 0.6 is 15.9 Å². The van der Waals surface area contributed by atoms with Gasteiger partial charge >= 0.3 is 0 Å². The lowest BCUT2D eigenvalue weighted by molar-refractivity contribution is -0.256. The van der Waals surface area contributed by atoms with E-state index >= 15 is 0 Å². The van der Waals surface area contributed by atoms with Gasteiger partial charge < -0.3 is 14.4 Å². The first-order valence-electron chi connectivity index (χ1n) is 6.46. The van der Waals surface area contributed by atoms with E-state index in [2.05, 4.69) is 15.9 Å². The molecule has 0 aromatic heterocycles. The maximum atomic E-state index is 12.7. The zero-order valence-electron chi connectivity index (χ0n) is 10.8. The van der Waals surface area contributed by atoms with Crippen LogP contribution < -0.4 is 4.90 Å². The summed E-state index contributed by atoms with van der Waals surface area (Å²) in [5.74, 6) is -1.31. The summed E-state index contributed by atoms with van der Waals surface area (Å²) in [5.41, 5.74) is 2.85. The number of halogens is 1. The Hall–Kier alpha value is -0.910. The summed E-state index contributed by atoms with van der Waals surface area (Å²) >= 11 is 3.39. The van der Waals surface area contributed by atoms with Gasteiger partial charge in [0.15, 0.2) is 0 Å². The molecule has 2 heterocycles. The van der Waals surface area contributed by atoms with Gasteiger partial charge in [-0.25, -0.2) is 0 Å². The minimum Gasteiger partial charge on any atom is -0.338 e. The number of fused-ring (bicyclic) bond motifs is 2. The standard InChI is InChI=1S/C14H16BrNO3/c1-10-3-4-12-11(9-10)14(18-7-2-8-19-14)13(17)16(12)6-5-15/h3-4,9H,2,5-8H2,1H3. The molecular weight excluding hydrogens is 310 g/mol. The fraction of sp³-hybridized carbons (Fsp3) is 0.500. The van der Waals surface area contributed by atoms with Gasteiger partial charge in [-0.1, -0.05) is 27.6 Å². The first-order valence-corrected chi connectivity index (χ1v) is 7.58. The molecule has 0 atom stereocenters. The summed E-state index contributed by atoms with van der Waals surface area (Å²) in [6.07, 6.45) is 0.828. The molecule has 0 radical (unpaired) electrons. The smallest absolute Gasteiger partial charge is 0.292 e. The number of carbonyl (C=O) groups is 1. The van der Waals surface area contributed by atoms with Crippen molar-refractivity contribution in [2.45, 2.75) is 19.1 Å². The summed E-state index contributed by atoms with van der Waals surface area (Å²) in [4.78, 5) is 14.4. The number of nitrogens with zero attached hydrogens (tertiary/aromatic N) is 1. The van der Waals surface area contributed by atoms with Gasteiger partial charge in [0.05, 0.1) is 18.9 Å². The number of amides is 1. The van der Waals surface area contributed by atoms with Crippen LogP contribution in [0.2, 0.25) is 0 Å². The van der Waals surface area contributed by atoms with Crippen molar-refractivity contribution >= 4 is 27.5 Å². The molecule has 5 heteroatoms. The van der Waals surface area contributed by atoms with Gasteiger partial charge in [0.25, 0.3) is 11.7 Å². The molecule has 0 saturated carbocycles. The predicted molar refractivity (Wildman–Crippen MR) is 75.5 cm³/mol. The summed E-state index contributed by atoms with van der Waals surface area (Å²) in [7, 11) is 0. The Bertz CT molecular complexity index is 511. The van der Waals surface area contributed by atoms with Crippen LogP contribution in [0.5, 0.6) is 0 Å². The molecule has 1 spiro atoms. The number of anilines is 1. The molecule has 0 aliphatic carbocycles. The molecule has 2 aliphatic heterocycles. The van der Waals surface area contributed by atoms with E-state index in [1.54, 1.807) is 4.90 Å². The molecule has 0 bridgehead atoms. The number of hydrogen-bond donors (Lipinski definition) is 0. The SMILES string of the molecule is Cc1ccc2c(c1)C1(OCCCO1)C(=O)N2CCBr. The molecule has 1 aromatic carbocycles. The predicted octanol–water partition coefficient (Wildman–Crippen LogP) is 2.33. The third-order valence-corrected chi connectivity index (χ3v) is 3.89. The number of alkyl halides is 1. The second-order valence-corrected chi connectivity index (χ2v) is 5.63. The molecular formula is C14H16BrNO3. The van der Waals surface area contributed by atoms with Crippen molar-refractivity contribution in [1.29, 1.82) is 0 Å². The van der Waals surface area contributed by atoms with E-state index < -0.39 is 5.79 Å². The average Bonchev–Trinajstić information content (AvgIpc) is 2.64. The Labute approximate surface area is 120 Å². The molecule has 4 nitrogen and oxygen atoms in total. The van der Waals surface area contributed by atoms with Crippen LogP contribution in [-0.4, -0.2) is 31.0 Å². The van der Waals surface area contributed by atoms with Crippen LogP contribution in [0.25, 0.3) is 0 Å². The lowest BCUT2D eigenvalue weighted by Gasteiger charge is -2.32. The van der Waals surface area contributed by atoms with E-state index in [1.807, 2.05) is 25.1 Å². The highest BCUT2D eigenvalue weighted by atomic mass is 79.9. The average molecular weight is 326 g/mol. The van der Waals surface area contributed by atoms with E-state index in [9.17, 15) is 4.79 Å². The lowest BCUT2D eigenvalue weighted by Crippen LogP contribution is -2.47. The zero-order valence-corrected chi connectivity index (χ0v) is 12.4. The van der Waals surface area contributed by atoms with Gasteiger partial charge in [-0.3, -0.25) is 4.79 Å². The highest BCUT2D eigenvalue weighted by Gasteiger charge is 2.54. The van der Waals surface area contributed by atoms with Crippen LogP contribution in [0.15, 0.2) is 18.2 Å². The van der Waals surface area contributed by atoms with E-state index in [0.29, 0.717) is 19.8 Å². The molecule has 3 rings (SSSR count). The molecule has 2 aliphatic rings. The van der Waals surface area contributed by atoms with Crippen molar-refractivity contribution in [3.8, 4) is 0 Å². The summed E-state index contributed by atoms with van der Waals surface area (Å²) in [6, 6.07) is 5.98. The number of benzene rings is 1. The van der Waals surface area contributed by atoms with Crippen LogP contribution in [0, 0.1) is 6.92 Å². The fourth-order valence-corrected chi connectivity index (χ4v) is 3.02. The second-order valence-electron chi connectivity index (χ2n) is 4.83. The maximum absolute atomic E-state index is 12.7. The summed E-state index contributed by atoms with van der Waals surface area (Å²) < 4.78 is 11.5. The first kappa shape index (κ1) is 13.1. The monoisotopic (exact) mass is 325 g/mol. The summed E-state index contributed by atoms with van der Waals surface area (Å²) in [5, 5.41) is 0.724. The Morgan fingerprint density at radius 2 is 2.11 bits per heavy atom. The van der Waals surface area contributed by atoms with Gasteiger partial charge in [-0.2, -0.15) is 0 Å². The Morgan fingerprint density at radius 1 is 1.37 bits per heavy atom. The number of ether oxygens (including phenoxy) is 2. The third-order valence-electron chi connectivity index (χ3n) is 3.53. The Balaban J connectivity index is 2.12. The normalized spacial score (nSPS) is 20.9. The first-order chi connectivity index (χ1) is 9.19. The largest absolute Gasteiger partial charge is 0.338 e. The van der Waals surface area contributed by atoms with Crippen molar-refractivity contribution < 1.29 is 14.3 Å². The van der Waals surface area contributed by atoms with E-state index in [1.165, 1.54) is 0 Å². The molecule has 1 fully saturated rings. The molecule has 1 aromatic rings. The van der Waals surface area contributed by atoms with Gasteiger partial charge in [0, 0.05) is 17.4 Å². The number of aryl methyl sites for hydroxylation is 1. The topological polar surface area (TPSA) is 38.8 Å². The van der Waals surface area contributed by atoms with Gasteiger partial charge in [-0.15, -0.1) is 0 Å². The third kappa shape index (κ3) is 1.91. The van der Waals surface area contributed by atoms with Gasteiger partial charge in [0.2, 0.25) is 0 Å². The maximum Gasteiger partial charge on any atom is 0.292 e. The molecule has 0 unspecified atom stereocenters. The molecule has 102 valence electrons. The van der Waals surface area contributed by atoms with Crippen LogP contribution in [0.3, 0.4) is 0 Å². The van der Waals surface area contributed by atoms with Crippen LogP contribution in [0.1, 0.15) is 17.5 Å². The molecule has 1 saturated heterocycles. The fourth-order valence-electron chi connectivity index (χ4n) is 2.67. The second kappa shape index (κ2) is 4.89. The quantitative estimate of drug-likeness (QED) is 0.783. The van der Waals surface area contributed by atoms with Crippen molar-refractivity contribution in [2.24, 2.45) is 0 Å². The zero-order chi connectivity index (χ0) is 13.5. The highest BCUT2D eigenvalue weighted by molar-refractivity contribution is 9.09. The van der Waals surface area contributed by atoms with Gasteiger partial charge in [-0.05, 0) is 25.5 Å². The van der Waals surface area contributed by atoms with E-state index in [-0.39, 0.29) is 5.91 Å². The number of rotatable bonds is 2. The minimum atomic E-state index is -1.21. The number of carbonyl (C=O) groups excluding carboxylic acids is 1. The van der Waals surface area contributed by atoms with Crippen LogP contribution in [0.4, 0.5) is 5.69 Å². The molecule has 19 heavy (non-hydrogen) atoms. The highest BCUT2D eigenvalue weighted by Crippen LogP contribution is 2.45.